The lowest BCUT2D eigenvalue weighted by molar-refractivity contribution is -0.139. The Labute approximate surface area is 171 Å². The Kier molecular flexibility index (Phi) is 6.88. The van der Waals surface area contributed by atoms with Gasteiger partial charge in [0.2, 0.25) is 0 Å². The van der Waals surface area contributed by atoms with E-state index in [1.165, 1.54) is 0 Å². The molecule has 1 amide bonds. The van der Waals surface area contributed by atoms with Crippen LogP contribution in [-0.4, -0.2) is 55.4 Å². The molecule has 2 aromatic rings. The summed E-state index contributed by atoms with van der Waals surface area (Å²) in [6.45, 7) is 1.06. The molecule has 0 unspecified atom stereocenters. The topological polar surface area (TPSA) is 78.9 Å². The van der Waals surface area contributed by atoms with E-state index in [2.05, 4.69) is 22.3 Å². The number of unbranched alkanes of at least 4 members (excludes halogenated alkanes) is 1. The van der Waals surface area contributed by atoms with Crippen LogP contribution < -0.4 is 5.32 Å². The number of aliphatic carboxylic acids is 1. The van der Waals surface area contributed by atoms with Gasteiger partial charge in [0.25, 0.3) is 0 Å². The van der Waals surface area contributed by atoms with Gasteiger partial charge in [-0.15, -0.1) is 0 Å². The van der Waals surface area contributed by atoms with Crippen LogP contribution in [0.4, 0.5) is 4.79 Å². The molecule has 0 aromatic heterocycles. The van der Waals surface area contributed by atoms with Crippen LogP contribution in [0.15, 0.2) is 48.5 Å². The van der Waals surface area contributed by atoms with Gasteiger partial charge in [-0.3, -0.25) is 0 Å². The number of carbonyl (C=O) groups excluding carboxylic acids is 1. The Morgan fingerprint density at radius 3 is 2.17 bits per heavy atom. The Morgan fingerprint density at radius 2 is 1.62 bits per heavy atom. The normalized spacial score (nSPS) is 13.6. The first-order valence-electron chi connectivity index (χ1n) is 9.96. The van der Waals surface area contributed by atoms with Crippen LogP contribution in [0.5, 0.6) is 0 Å². The lowest BCUT2D eigenvalue weighted by Crippen LogP contribution is -2.41. The molecular formula is C23H28N2O4. The average molecular weight is 396 g/mol. The summed E-state index contributed by atoms with van der Waals surface area (Å²) in [5, 5.41) is 11.9. The Hall–Kier alpha value is -2.86. The van der Waals surface area contributed by atoms with E-state index in [1.54, 1.807) is 0 Å². The molecule has 6 heteroatoms. The third-order valence-electron chi connectivity index (χ3n) is 5.28. The number of amides is 1. The van der Waals surface area contributed by atoms with Crippen molar-refractivity contribution in [2.45, 2.75) is 31.2 Å². The van der Waals surface area contributed by atoms with E-state index in [9.17, 15) is 14.7 Å². The minimum Gasteiger partial charge on any atom is -0.480 e. The van der Waals surface area contributed by atoms with Crippen LogP contribution in [0.1, 0.15) is 36.3 Å². The molecule has 1 aliphatic rings. The zero-order valence-corrected chi connectivity index (χ0v) is 16.9. The molecule has 3 rings (SSSR count). The van der Waals surface area contributed by atoms with Crippen molar-refractivity contribution in [3.63, 3.8) is 0 Å². The number of carboxylic acids is 1. The maximum absolute atomic E-state index is 12.3. The second-order valence-corrected chi connectivity index (χ2v) is 7.66. The third kappa shape index (κ3) is 5.15. The number of hydrogen-bond donors (Lipinski definition) is 2. The first kappa shape index (κ1) is 20.9. The van der Waals surface area contributed by atoms with Crippen molar-refractivity contribution in [3.05, 3.63) is 59.7 Å². The fraction of sp³-hybridized carbons (Fsp3) is 0.391. The highest BCUT2D eigenvalue weighted by molar-refractivity contribution is 5.81. The summed E-state index contributed by atoms with van der Waals surface area (Å²) < 4.78 is 5.44. The van der Waals surface area contributed by atoms with Crippen molar-refractivity contribution in [1.29, 1.82) is 0 Å². The second-order valence-electron chi connectivity index (χ2n) is 7.66. The van der Waals surface area contributed by atoms with E-state index in [-0.39, 0.29) is 12.5 Å². The van der Waals surface area contributed by atoms with Crippen molar-refractivity contribution >= 4 is 12.1 Å². The fourth-order valence-electron chi connectivity index (χ4n) is 3.82. The van der Waals surface area contributed by atoms with E-state index in [0.29, 0.717) is 6.42 Å². The molecule has 2 aromatic carbocycles. The van der Waals surface area contributed by atoms with Crippen molar-refractivity contribution in [2.24, 2.45) is 0 Å². The molecular weight excluding hydrogens is 368 g/mol. The Balaban J connectivity index is 1.58. The first-order chi connectivity index (χ1) is 14.0. The van der Waals surface area contributed by atoms with Gasteiger partial charge in [-0.1, -0.05) is 48.5 Å². The van der Waals surface area contributed by atoms with E-state index >= 15 is 0 Å². The molecule has 0 bridgehead atoms. The molecule has 0 saturated heterocycles. The minimum absolute atomic E-state index is 0.0449. The van der Waals surface area contributed by atoms with Gasteiger partial charge in [-0.2, -0.15) is 0 Å². The van der Waals surface area contributed by atoms with E-state index in [4.69, 9.17) is 4.74 Å². The van der Waals surface area contributed by atoms with Gasteiger partial charge in [0, 0.05) is 5.92 Å². The summed E-state index contributed by atoms with van der Waals surface area (Å²) in [7, 11) is 3.95. The maximum Gasteiger partial charge on any atom is 0.407 e. The van der Waals surface area contributed by atoms with E-state index in [0.717, 1.165) is 41.6 Å². The largest absolute Gasteiger partial charge is 0.480 e. The number of carboxylic acid groups (broad SMARTS) is 1. The van der Waals surface area contributed by atoms with Gasteiger partial charge in [0.15, 0.2) is 0 Å². The minimum atomic E-state index is -1.04. The van der Waals surface area contributed by atoms with Crippen molar-refractivity contribution in [3.8, 4) is 11.1 Å². The van der Waals surface area contributed by atoms with Crippen LogP contribution in [0.2, 0.25) is 0 Å². The number of carbonyl (C=O) groups is 2. The molecule has 29 heavy (non-hydrogen) atoms. The smallest absolute Gasteiger partial charge is 0.407 e. The summed E-state index contributed by atoms with van der Waals surface area (Å²) in [5.74, 6) is -1.08. The molecule has 1 aliphatic carbocycles. The molecule has 0 aliphatic heterocycles. The van der Waals surface area contributed by atoms with Gasteiger partial charge >= 0.3 is 12.1 Å². The van der Waals surface area contributed by atoms with Gasteiger partial charge in [-0.05, 0) is 62.2 Å². The van der Waals surface area contributed by atoms with Crippen molar-refractivity contribution < 1.29 is 19.4 Å². The fourth-order valence-corrected chi connectivity index (χ4v) is 3.82. The highest BCUT2D eigenvalue weighted by Crippen LogP contribution is 2.44. The van der Waals surface area contributed by atoms with E-state index < -0.39 is 18.1 Å². The zero-order chi connectivity index (χ0) is 20.8. The lowest BCUT2D eigenvalue weighted by Gasteiger charge is -2.18. The number of nitrogens with one attached hydrogen (secondary N) is 1. The Morgan fingerprint density at radius 1 is 1.03 bits per heavy atom. The van der Waals surface area contributed by atoms with Gasteiger partial charge in [0.05, 0.1) is 0 Å². The summed E-state index contributed by atoms with van der Waals surface area (Å²) in [6, 6.07) is 15.3. The number of benzene rings is 2. The van der Waals surface area contributed by atoms with E-state index in [1.807, 2.05) is 50.5 Å². The van der Waals surface area contributed by atoms with Crippen LogP contribution >= 0.6 is 0 Å². The standard InChI is InChI=1S/C23H28N2O4/c1-25(2)14-8-7-13-21(22(26)27)24-23(28)29-15-20-18-11-5-3-9-16(18)17-10-4-6-12-19(17)20/h3-6,9-12,20-21H,7-8,13-15H2,1-2H3,(H,24,28)(H,26,27)/t21-/m0/s1. The first-order valence-corrected chi connectivity index (χ1v) is 9.96. The van der Waals surface area contributed by atoms with Crippen LogP contribution in [0.25, 0.3) is 11.1 Å². The number of alkyl carbamates (subject to hydrolysis) is 1. The third-order valence-corrected chi connectivity index (χ3v) is 5.28. The SMILES string of the molecule is CN(C)CCCC[C@H](NC(=O)OCC1c2ccccc2-c2ccccc21)C(=O)O. The molecule has 1 atom stereocenters. The Bertz CT molecular complexity index is 820. The van der Waals surface area contributed by atoms with Crippen molar-refractivity contribution in [2.75, 3.05) is 27.2 Å². The maximum atomic E-state index is 12.3. The molecule has 0 spiro atoms. The van der Waals surface area contributed by atoms with Crippen molar-refractivity contribution in [1.82, 2.24) is 10.2 Å². The number of rotatable bonds is 9. The average Bonchev–Trinajstić information content (AvgIpc) is 3.02. The van der Waals surface area contributed by atoms with Gasteiger partial charge in [0.1, 0.15) is 12.6 Å². The van der Waals surface area contributed by atoms with Crippen LogP contribution in [0.3, 0.4) is 0 Å². The summed E-state index contributed by atoms with van der Waals surface area (Å²) in [6.07, 6.45) is 1.29. The quantitative estimate of drug-likeness (QED) is 0.632. The molecule has 0 heterocycles. The van der Waals surface area contributed by atoms with Crippen LogP contribution in [0, 0.1) is 0 Å². The zero-order valence-electron chi connectivity index (χ0n) is 16.9. The van der Waals surface area contributed by atoms with Crippen LogP contribution in [-0.2, 0) is 9.53 Å². The highest BCUT2D eigenvalue weighted by atomic mass is 16.5. The molecule has 0 radical (unpaired) electrons. The lowest BCUT2D eigenvalue weighted by atomic mass is 9.98. The number of fused-ring (bicyclic) bond motifs is 3. The summed E-state index contributed by atoms with van der Waals surface area (Å²) >= 11 is 0. The predicted molar refractivity (Wildman–Crippen MR) is 112 cm³/mol. The molecule has 2 N–H and O–H groups in total. The number of ether oxygens (including phenoxy) is 1. The summed E-state index contributed by atoms with van der Waals surface area (Å²) in [4.78, 5) is 25.8. The van der Waals surface area contributed by atoms with Gasteiger partial charge in [-0.25, -0.2) is 9.59 Å². The molecule has 0 saturated carbocycles. The monoisotopic (exact) mass is 396 g/mol. The second kappa shape index (κ2) is 9.56. The van der Waals surface area contributed by atoms with Gasteiger partial charge < -0.3 is 20.1 Å². The molecule has 154 valence electrons. The summed E-state index contributed by atoms with van der Waals surface area (Å²) in [5.41, 5.74) is 4.56. The number of nitrogens with zero attached hydrogens (tertiary/aromatic N) is 1. The molecule has 6 nitrogen and oxygen atoms in total. The predicted octanol–water partition coefficient (Wildman–Crippen LogP) is 3.71. The number of hydrogen-bond acceptors (Lipinski definition) is 4. The molecule has 0 fully saturated rings. The highest BCUT2D eigenvalue weighted by Gasteiger charge is 2.29.